The first-order valence-corrected chi connectivity index (χ1v) is 5.69. The van der Waals surface area contributed by atoms with Gasteiger partial charge in [-0.3, -0.25) is 0 Å². The summed E-state index contributed by atoms with van der Waals surface area (Å²) in [6.45, 7) is 3.55. The van der Waals surface area contributed by atoms with Gasteiger partial charge in [0.25, 0.3) is 0 Å². The number of nitrogens with zero attached hydrogens (tertiary/aromatic N) is 1. The molecule has 0 saturated carbocycles. The van der Waals surface area contributed by atoms with Crippen molar-refractivity contribution in [3.05, 3.63) is 30.1 Å². The fourth-order valence-corrected chi connectivity index (χ4v) is 1.92. The predicted octanol–water partition coefficient (Wildman–Crippen LogP) is 1.43. The summed E-state index contributed by atoms with van der Waals surface area (Å²) in [5, 5.41) is 6.77. The van der Waals surface area contributed by atoms with Crippen molar-refractivity contribution < 1.29 is 4.39 Å². The zero-order valence-electron chi connectivity index (χ0n) is 8.87. The second kappa shape index (κ2) is 5.23. The zero-order chi connectivity index (χ0) is 11.4. The SMILES string of the molecule is Fc1ccccc1NC(=S)N1CCNCC1. The van der Waals surface area contributed by atoms with E-state index in [1.807, 2.05) is 4.90 Å². The highest BCUT2D eigenvalue weighted by Gasteiger charge is 2.13. The van der Waals surface area contributed by atoms with Crippen molar-refractivity contribution in [3.8, 4) is 0 Å². The lowest BCUT2D eigenvalue weighted by molar-refractivity contribution is 0.362. The Kier molecular flexibility index (Phi) is 3.69. The molecule has 1 saturated heterocycles. The quantitative estimate of drug-likeness (QED) is 0.725. The number of benzene rings is 1. The maximum atomic E-state index is 13.4. The van der Waals surface area contributed by atoms with Crippen LogP contribution in [0.3, 0.4) is 0 Å². The Labute approximate surface area is 99.6 Å². The zero-order valence-corrected chi connectivity index (χ0v) is 9.69. The van der Waals surface area contributed by atoms with Crippen LogP contribution < -0.4 is 10.6 Å². The molecule has 1 aromatic rings. The van der Waals surface area contributed by atoms with Crippen LogP contribution in [0.15, 0.2) is 24.3 Å². The molecule has 16 heavy (non-hydrogen) atoms. The molecule has 1 aromatic carbocycles. The van der Waals surface area contributed by atoms with Crippen molar-refractivity contribution in [2.75, 3.05) is 31.5 Å². The summed E-state index contributed by atoms with van der Waals surface area (Å²) >= 11 is 5.24. The van der Waals surface area contributed by atoms with Crippen LogP contribution in [0.25, 0.3) is 0 Å². The fourth-order valence-electron chi connectivity index (χ4n) is 1.62. The summed E-state index contributed by atoms with van der Waals surface area (Å²) in [5.41, 5.74) is 0.436. The molecule has 1 fully saturated rings. The first kappa shape index (κ1) is 11.3. The van der Waals surface area contributed by atoms with Gasteiger partial charge in [0.1, 0.15) is 5.82 Å². The smallest absolute Gasteiger partial charge is 0.173 e. The van der Waals surface area contributed by atoms with Crippen LogP contribution in [0.5, 0.6) is 0 Å². The minimum absolute atomic E-state index is 0.278. The number of nitrogens with one attached hydrogen (secondary N) is 2. The highest BCUT2D eigenvalue weighted by atomic mass is 32.1. The first-order valence-electron chi connectivity index (χ1n) is 5.28. The maximum absolute atomic E-state index is 13.4. The Balaban J connectivity index is 1.99. The summed E-state index contributed by atoms with van der Waals surface area (Å²) < 4.78 is 13.4. The molecule has 0 unspecified atom stereocenters. The van der Waals surface area contributed by atoms with Gasteiger partial charge in [-0.2, -0.15) is 0 Å². The second-order valence-corrected chi connectivity index (χ2v) is 4.03. The lowest BCUT2D eigenvalue weighted by Gasteiger charge is -2.29. The predicted molar refractivity (Wildman–Crippen MR) is 67.1 cm³/mol. The summed E-state index contributed by atoms with van der Waals surface area (Å²) in [4.78, 5) is 2.04. The van der Waals surface area contributed by atoms with E-state index in [9.17, 15) is 4.39 Å². The van der Waals surface area contributed by atoms with Gasteiger partial charge in [0, 0.05) is 26.2 Å². The van der Waals surface area contributed by atoms with Crippen molar-refractivity contribution in [3.63, 3.8) is 0 Å². The topological polar surface area (TPSA) is 27.3 Å². The number of rotatable bonds is 1. The summed E-state index contributed by atoms with van der Waals surface area (Å²) in [6, 6.07) is 6.55. The van der Waals surface area contributed by atoms with Gasteiger partial charge in [-0.05, 0) is 24.4 Å². The molecule has 0 bridgehead atoms. The van der Waals surface area contributed by atoms with Gasteiger partial charge in [-0.1, -0.05) is 12.1 Å². The van der Waals surface area contributed by atoms with Gasteiger partial charge in [-0.15, -0.1) is 0 Å². The van der Waals surface area contributed by atoms with E-state index in [0.29, 0.717) is 10.8 Å². The number of anilines is 1. The third kappa shape index (κ3) is 2.68. The molecule has 3 nitrogen and oxygen atoms in total. The Morgan fingerprint density at radius 1 is 1.31 bits per heavy atom. The monoisotopic (exact) mass is 239 g/mol. The van der Waals surface area contributed by atoms with Crippen molar-refractivity contribution in [2.45, 2.75) is 0 Å². The number of thiocarbonyl (C=S) groups is 1. The largest absolute Gasteiger partial charge is 0.346 e. The van der Waals surface area contributed by atoms with Crippen LogP contribution in [0.2, 0.25) is 0 Å². The molecular weight excluding hydrogens is 225 g/mol. The third-order valence-corrected chi connectivity index (χ3v) is 2.88. The van der Waals surface area contributed by atoms with Crippen LogP contribution in [0.4, 0.5) is 10.1 Å². The van der Waals surface area contributed by atoms with Gasteiger partial charge >= 0.3 is 0 Å². The lowest BCUT2D eigenvalue weighted by atomic mass is 10.3. The first-order chi connectivity index (χ1) is 7.77. The van der Waals surface area contributed by atoms with E-state index in [2.05, 4.69) is 10.6 Å². The Bertz CT molecular complexity index is 377. The highest BCUT2D eigenvalue weighted by molar-refractivity contribution is 7.80. The molecule has 1 aliphatic rings. The molecule has 1 heterocycles. The molecule has 0 spiro atoms. The van der Waals surface area contributed by atoms with Crippen LogP contribution >= 0.6 is 12.2 Å². The molecule has 5 heteroatoms. The standard InChI is InChI=1S/C11H14FN3S/c12-9-3-1-2-4-10(9)14-11(16)15-7-5-13-6-8-15/h1-4,13H,5-8H2,(H,14,16). The van der Waals surface area contributed by atoms with Crippen molar-refractivity contribution in [1.82, 2.24) is 10.2 Å². The number of hydrogen-bond donors (Lipinski definition) is 2. The van der Waals surface area contributed by atoms with Gasteiger partial charge < -0.3 is 15.5 Å². The number of piperazine rings is 1. The van der Waals surface area contributed by atoms with Gasteiger partial charge in [-0.25, -0.2) is 4.39 Å². The Morgan fingerprint density at radius 3 is 2.69 bits per heavy atom. The normalized spacial score (nSPS) is 15.9. The van der Waals surface area contributed by atoms with Crippen LogP contribution in [0, 0.1) is 5.82 Å². The van der Waals surface area contributed by atoms with Crippen LogP contribution in [-0.4, -0.2) is 36.2 Å². The third-order valence-electron chi connectivity index (χ3n) is 2.52. The van der Waals surface area contributed by atoms with E-state index in [1.165, 1.54) is 6.07 Å². The molecule has 1 aliphatic heterocycles. The van der Waals surface area contributed by atoms with E-state index < -0.39 is 0 Å². The maximum Gasteiger partial charge on any atom is 0.173 e. The summed E-state index contributed by atoms with van der Waals surface area (Å²) in [5.74, 6) is -0.278. The van der Waals surface area contributed by atoms with Crippen molar-refractivity contribution in [2.24, 2.45) is 0 Å². The number of para-hydroxylation sites is 1. The minimum atomic E-state index is -0.278. The molecule has 0 aliphatic carbocycles. The summed E-state index contributed by atoms with van der Waals surface area (Å²) in [6.07, 6.45) is 0. The summed E-state index contributed by atoms with van der Waals surface area (Å²) in [7, 11) is 0. The van der Waals surface area contributed by atoms with Crippen molar-refractivity contribution >= 4 is 23.0 Å². The minimum Gasteiger partial charge on any atom is -0.346 e. The van der Waals surface area contributed by atoms with E-state index in [0.717, 1.165) is 26.2 Å². The van der Waals surface area contributed by atoms with Crippen molar-refractivity contribution in [1.29, 1.82) is 0 Å². The van der Waals surface area contributed by atoms with E-state index in [-0.39, 0.29) is 5.82 Å². The van der Waals surface area contributed by atoms with E-state index >= 15 is 0 Å². The lowest BCUT2D eigenvalue weighted by Crippen LogP contribution is -2.47. The van der Waals surface area contributed by atoms with Crippen LogP contribution in [0.1, 0.15) is 0 Å². The van der Waals surface area contributed by atoms with E-state index in [4.69, 9.17) is 12.2 Å². The molecule has 0 atom stereocenters. The Morgan fingerprint density at radius 2 is 2.00 bits per heavy atom. The molecule has 86 valence electrons. The molecule has 2 N–H and O–H groups in total. The van der Waals surface area contributed by atoms with Crippen LogP contribution in [-0.2, 0) is 0 Å². The van der Waals surface area contributed by atoms with E-state index in [1.54, 1.807) is 18.2 Å². The second-order valence-electron chi connectivity index (χ2n) is 3.65. The number of halogens is 1. The molecule has 0 radical (unpaired) electrons. The Hall–Kier alpha value is -1.20. The average molecular weight is 239 g/mol. The van der Waals surface area contributed by atoms with Gasteiger partial charge in [0.2, 0.25) is 0 Å². The fraction of sp³-hybridized carbons (Fsp3) is 0.364. The average Bonchev–Trinajstić information content (AvgIpc) is 2.33. The number of hydrogen-bond acceptors (Lipinski definition) is 2. The molecule has 0 amide bonds. The van der Waals surface area contributed by atoms with Gasteiger partial charge in [0.15, 0.2) is 5.11 Å². The van der Waals surface area contributed by atoms with Gasteiger partial charge in [0.05, 0.1) is 5.69 Å². The molecule has 0 aromatic heterocycles. The molecular formula is C11H14FN3S. The molecule has 2 rings (SSSR count). The highest BCUT2D eigenvalue weighted by Crippen LogP contribution is 2.13.